The predicted octanol–water partition coefficient (Wildman–Crippen LogP) is 11.1. The number of nitrogens with one attached hydrogen (secondary N) is 4. The van der Waals surface area contributed by atoms with Gasteiger partial charge in [0.25, 0.3) is 0 Å². The molecule has 4 heterocycles. The van der Waals surface area contributed by atoms with Crippen LogP contribution in [0, 0.1) is 0 Å². The largest absolute Gasteiger partial charge is 0.416 e. The molecule has 0 aliphatic rings. The summed E-state index contributed by atoms with van der Waals surface area (Å²) in [5, 5.41) is 15.5. The van der Waals surface area contributed by atoms with Gasteiger partial charge in [-0.3, -0.25) is 58.3 Å². The first kappa shape index (κ1) is 118. The minimum absolute atomic E-state index is 0.00338. The maximum absolute atomic E-state index is 13.4. The van der Waals surface area contributed by atoms with Crippen LogP contribution < -0.4 is 67.1 Å². The molecule has 8 aromatic carbocycles. The van der Waals surface area contributed by atoms with Crippen LogP contribution >= 0.6 is 0 Å². The minimum Gasteiger partial charge on any atom is -0.345 e. The fourth-order valence-corrected chi connectivity index (χ4v) is 17.7. The Morgan fingerprint density at radius 3 is 0.741 bits per heavy atom. The number of halogens is 3. The highest BCUT2D eigenvalue weighted by atomic mass is 19.4. The van der Waals surface area contributed by atoms with E-state index < -0.39 is 66.0 Å². The second kappa shape index (κ2) is 59.3. The van der Waals surface area contributed by atoms with Crippen molar-refractivity contribution in [2.45, 2.75) is 177 Å². The molecule has 147 heavy (non-hydrogen) atoms. The number of benzene rings is 8. The van der Waals surface area contributed by atoms with Crippen molar-refractivity contribution < 1.29 is 69.5 Å². The number of amides is 4. The first-order valence-corrected chi connectivity index (χ1v) is 51.3. The molecule has 4 amide bonds. The molecule has 0 aliphatic carbocycles. The van der Waals surface area contributed by atoms with Crippen molar-refractivity contribution in [3.8, 4) is 0 Å². The summed E-state index contributed by atoms with van der Waals surface area (Å²) >= 11 is 0. The Hall–Kier alpha value is -12.7. The normalized spacial score (nSPS) is 13.4. The van der Waals surface area contributed by atoms with Gasteiger partial charge in [-0.25, -0.2) is 0 Å². The third-order valence-corrected chi connectivity index (χ3v) is 26.7. The SMILES string of the molecule is C[N+](C)(CCN)CCC[C@@H](N)C(=O)N[C@H](CCc1ccccc1)C(=O)Cc1cnc2ccccc2c1.C[N+](C)(CCN)CCC[C@H](N)C(=O)N[C@@H](CCc1ccccc1)C(=O)Cc1cnc2ccccc2c1.C[N+](C)(CCN)CCC[C@H](N)C(=O)N[C@H](CCc1ccccc1)C(=O)Cc1cnc2ccccc2c1.C[N+](C)(CCN)CCC[C@H](N)C(=O)N[C@H](Cc1ccc(C(F)(F)F)cc1)C(=O)Cc1cnc2ccccc2c1. The van der Waals surface area contributed by atoms with Crippen molar-refractivity contribution in [3.63, 3.8) is 0 Å². The average molecular weight is 2020 g/mol. The standard InChI is InChI=1S/C29H36F3N5O2.3C29H39N5O2/c1-37(2,15-13-33)14-5-7-24(34)28(39)36-26(17-20-9-11-23(12-10-20)29(30,31)32)27(38)18-21-16-22-6-3-4-8-25(22)35-19-21;3*1-34(2,18-16-30)17-8-12-25(31)29(36)33-27(15-14-22-9-4-3-5-10-22)28(35)20-23-19-24-11-6-7-13-26(24)32-21-23/h3-4,6,8-12,16,19,24,26H,5,7,13-15,17-18,33-34H2,1-2H3;3*3-7,9-11,13,19,21,25,27H,8,12,14-18,20,30-31H2,1-2H3/p+4/t24-,26+;25-,27+;2*25-,27-/m0010/s1. The van der Waals surface area contributed by atoms with E-state index in [0.29, 0.717) is 112 Å². The minimum atomic E-state index is -4.46. The molecule has 0 fully saturated rings. The maximum atomic E-state index is 13.4. The van der Waals surface area contributed by atoms with E-state index in [4.69, 9.17) is 45.9 Å². The van der Waals surface area contributed by atoms with E-state index in [1.165, 1.54) is 12.1 Å². The number of fused-ring (bicyclic) bond motifs is 4. The zero-order valence-corrected chi connectivity index (χ0v) is 87.0. The third-order valence-electron chi connectivity index (χ3n) is 26.7. The highest BCUT2D eigenvalue weighted by Crippen LogP contribution is 2.30. The van der Waals surface area contributed by atoms with Gasteiger partial charge in [-0.15, -0.1) is 0 Å². The van der Waals surface area contributed by atoms with Crippen molar-refractivity contribution >= 4 is 90.4 Å². The number of alkyl halides is 3. The van der Waals surface area contributed by atoms with Gasteiger partial charge in [0.05, 0.1) is 185 Å². The van der Waals surface area contributed by atoms with Gasteiger partial charge in [0.15, 0.2) is 23.1 Å². The van der Waals surface area contributed by atoms with Crippen molar-refractivity contribution in [2.75, 3.05) is 135 Å². The molecule has 0 spiro atoms. The number of likely N-dealkylation sites (N-methyl/N-ethyl adjacent to an activating group) is 4. The Morgan fingerprint density at radius 2 is 0.503 bits per heavy atom. The Bertz CT molecular complexity index is 5710. The summed E-state index contributed by atoms with van der Waals surface area (Å²) in [4.78, 5) is 123. The molecular formula is C116H157F3N20O8+4. The van der Waals surface area contributed by atoms with Crippen LogP contribution in [0.5, 0.6) is 0 Å². The molecule has 0 saturated carbocycles. The number of hydrogen-bond donors (Lipinski definition) is 12. The van der Waals surface area contributed by atoms with Crippen LogP contribution in [-0.2, 0) is 95.9 Å². The molecule has 20 N–H and O–H groups in total. The molecule has 786 valence electrons. The Kier molecular flexibility index (Phi) is 47.5. The molecular weight excluding hydrogens is 1860 g/mol. The van der Waals surface area contributed by atoms with Gasteiger partial charge in [-0.2, -0.15) is 13.2 Å². The summed E-state index contributed by atoms with van der Waals surface area (Å²) in [6.45, 7) is 9.32. The number of nitrogens with two attached hydrogens (primary N) is 8. The van der Waals surface area contributed by atoms with Gasteiger partial charge in [0.2, 0.25) is 23.6 Å². The maximum Gasteiger partial charge on any atom is 0.416 e. The fraction of sp³-hybridized carbons (Fsp3) is 0.414. The molecule has 0 unspecified atom stereocenters. The number of aromatic nitrogens is 4. The Morgan fingerprint density at radius 1 is 0.279 bits per heavy atom. The van der Waals surface area contributed by atoms with Gasteiger partial charge < -0.3 is 85.1 Å². The van der Waals surface area contributed by atoms with Gasteiger partial charge in [0, 0.05) is 98.2 Å². The number of nitrogens with zero attached hydrogens (tertiary/aromatic N) is 8. The number of carbonyl (C=O) groups is 8. The molecule has 12 rings (SSSR count). The van der Waals surface area contributed by atoms with Crippen LogP contribution in [0.1, 0.15) is 121 Å². The molecule has 0 aliphatic heterocycles. The first-order valence-electron chi connectivity index (χ1n) is 51.3. The molecule has 28 nitrogen and oxygen atoms in total. The summed E-state index contributed by atoms with van der Waals surface area (Å²) in [5.41, 5.74) is 57.3. The van der Waals surface area contributed by atoms with Gasteiger partial charge in [0.1, 0.15) is 0 Å². The van der Waals surface area contributed by atoms with Crippen LogP contribution in [0.2, 0.25) is 0 Å². The number of ketones is 4. The van der Waals surface area contributed by atoms with Crippen molar-refractivity contribution in [1.29, 1.82) is 0 Å². The topological polar surface area (TPSA) is 444 Å². The number of hydrogen-bond acceptors (Lipinski definition) is 20. The van der Waals surface area contributed by atoms with E-state index in [9.17, 15) is 51.5 Å². The number of aryl methyl sites for hydroxylation is 3. The van der Waals surface area contributed by atoms with Crippen LogP contribution in [0.3, 0.4) is 0 Å². The van der Waals surface area contributed by atoms with Crippen molar-refractivity contribution in [2.24, 2.45) is 45.9 Å². The zero-order valence-electron chi connectivity index (χ0n) is 87.0. The van der Waals surface area contributed by atoms with Crippen LogP contribution in [0.15, 0.2) is 261 Å². The van der Waals surface area contributed by atoms with E-state index in [1.54, 1.807) is 24.8 Å². The quantitative estimate of drug-likeness (QED) is 0.0158. The first-order chi connectivity index (χ1) is 70.2. The van der Waals surface area contributed by atoms with Gasteiger partial charge in [-0.05, 0) is 201 Å². The second-order valence-electron chi connectivity index (χ2n) is 41.1. The smallest absolute Gasteiger partial charge is 0.345 e. The third kappa shape index (κ3) is 41.8. The van der Waals surface area contributed by atoms with Crippen molar-refractivity contribution in [1.82, 2.24) is 41.2 Å². The lowest BCUT2D eigenvalue weighted by molar-refractivity contribution is -0.889. The van der Waals surface area contributed by atoms with Crippen LogP contribution in [-0.4, -0.2) is 268 Å². The number of para-hydroxylation sites is 4. The Labute approximate surface area is 864 Å². The number of rotatable bonds is 55. The lowest BCUT2D eigenvalue weighted by Crippen LogP contribution is -2.50. The molecule has 0 saturated heterocycles. The second-order valence-corrected chi connectivity index (χ2v) is 41.1. The lowest BCUT2D eigenvalue weighted by atomic mass is 9.96. The van der Waals surface area contributed by atoms with E-state index in [0.717, 1.165) is 174 Å². The molecule has 4 aromatic heterocycles. The summed E-state index contributed by atoms with van der Waals surface area (Å²) in [5.74, 6) is -1.70. The molecule has 0 bridgehead atoms. The zero-order chi connectivity index (χ0) is 107. The Balaban J connectivity index is 0.000000218. The highest BCUT2D eigenvalue weighted by Gasteiger charge is 2.34. The number of pyridine rings is 4. The summed E-state index contributed by atoms with van der Waals surface area (Å²) in [6.07, 6.45) is 11.9. The fourth-order valence-electron chi connectivity index (χ4n) is 17.7. The number of Topliss-reactive ketones (excluding diaryl/α,β-unsaturated/α-hetero) is 4. The van der Waals surface area contributed by atoms with E-state index in [-0.39, 0.29) is 73.0 Å². The number of quaternary nitrogens is 4. The predicted molar refractivity (Wildman–Crippen MR) is 581 cm³/mol. The van der Waals surface area contributed by atoms with Crippen molar-refractivity contribution in [3.05, 3.63) is 311 Å². The van der Waals surface area contributed by atoms with Gasteiger partial charge in [-0.1, -0.05) is 176 Å². The number of carbonyl (C=O) groups excluding carboxylic acids is 8. The van der Waals surface area contributed by atoms with Crippen LogP contribution in [0.4, 0.5) is 13.2 Å². The van der Waals surface area contributed by atoms with E-state index in [1.807, 2.05) is 212 Å². The van der Waals surface area contributed by atoms with Crippen LogP contribution in [0.25, 0.3) is 43.6 Å². The molecule has 0 radical (unpaired) electrons. The lowest BCUT2D eigenvalue weighted by Gasteiger charge is -2.29. The summed E-state index contributed by atoms with van der Waals surface area (Å²) < 4.78 is 42.1. The highest BCUT2D eigenvalue weighted by molar-refractivity contribution is 5.96. The van der Waals surface area contributed by atoms with E-state index in [2.05, 4.69) is 97.6 Å². The van der Waals surface area contributed by atoms with E-state index >= 15 is 0 Å². The monoisotopic (exact) mass is 2020 g/mol. The van der Waals surface area contributed by atoms with Gasteiger partial charge >= 0.3 is 6.18 Å². The summed E-state index contributed by atoms with van der Waals surface area (Å²) in [7, 11) is 16.8. The molecule has 12 aromatic rings. The summed E-state index contributed by atoms with van der Waals surface area (Å²) in [6, 6.07) is 67.8. The molecule has 31 heteroatoms. The average Bonchev–Trinajstić information content (AvgIpc) is 0.859. The molecule has 8 atom stereocenters.